The molecule has 2 N–H and O–H groups in total. The summed E-state index contributed by atoms with van der Waals surface area (Å²) < 4.78 is 0. The van der Waals surface area contributed by atoms with Gasteiger partial charge >= 0.3 is 11.8 Å². The van der Waals surface area contributed by atoms with Gasteiger partial charge in [-0.15, -0.1) is 0 Å². The molecule has 3 aliphatic rings. The minimum atomic E-state index is -0.512. The minimum absolute atomic E-state index is 0.0816. The number of amides is 2. The van der Waals surface area contributed by atoms with Crippen LogP contribution in [0.25, 0.3) is 0 Å². The van der Waals surface area contributed by atoms with Crippen LogP contribution in [0, 0.1) is 0 Å². The fourth-order valence-corrected chi connectivity index (χ4v) is 4.98. The summed E-state index contributed by atoms with van der Waals surface area (Å²) in [6.07, 6.45) is 5.28. The van der Waals surface area contributed by atoms with E-state index in [-0.39, 0.29) is 12.1 Å². The molecule has 0 bridgehead atoms. The van der Waals surface area contributed by atoms with Crippen LogP contribution in [0.1, 0.15) is 42.9 Å². The smallest absolute Gasteiger partial charge is 0.309 e. The Balaban J connectivity index is 1.44. The number of nitrogens with one attached hydrogen (secondary N) is 2. The normalized spacial score (nSPS) is 21.5. The molecular formula is C23H35N5O2. The first-order chi connectivity index (χ1) is 14.5. The van der Waals surface area contributed by atoms with E-state index in [0.717, 1.165) is 64.8 Å². The largest absolute Gasteiger partial charge is 0.374 e. The lowest BCUT2D eigenvalue weighted by atomic mass is 10.00. The average molecular weight is 414 g/mol. The molecule has 0 aromatic heterocycles. The van der Waals surface area contributed by atoms with E-state index >= 15 is 0 Å². The molecule has 2 fully saturated rings. The number of likely N-dealkylation sites (N-methyl/N-ethyl adjacent to an activating group) is 2. The number of carbonyl (C=O) groups is 2. The van der Waals surface area contributed by atoms with Gasteiger partial charge in [0, 0.05) is 58.0 Å². The SMILES string of the molecule is CN1CCN([C@@H](CNC(=O)C(=O)NC2CCCC2)c2ccc3c(c2)CCN3C)CC1. The van der Waals surface area contributed by atoms with E-state index < -0.39 is 11.8 Å². The molecule has 0 spiro atoms. The van der Waals surface area contributed by atoms with Crippen molar-refractivity contribution in [3.8, 4) is 0 Å². The van der Waals surface area contributed by atoms with Gasteiger partial charge in [0.25, 0.3) is 0 Å². The zero-order valence-electron chi connectivity index (χ0n) is 18.3. The first kappa shape index (κ1) is 21.1. The molecule has 30 heavy (non-hydrogen) atoms. The molecule has 1 atom stereocenters. The number of nitrogens with zero attached hydrogens (tertiary/aromatic N) is 3. The van der Waals surface area contributed by atoms with Crippen LogP contribution in [0.5, 0.6) is 0 Å². The van der Waals surface area contributed by atoms with Crippen molar-refractivity contribution in [2.75, 3.05) is 58.3 Å². The maximum absolute atomic E-state index is 12.5. The van der Waals surface area contributed by atoms with Crippen LogP contribution in [-0.2, 0) is 16.0 Å². The third-order valence-corrected chi connectivity index (χ3v) is 6.95. The summed E-state index contributed by atoms with van der Waals surface area (Å²) >= 11 is 0. The molecule has 1 aliphatic carbocycles. The molecule has 4 rings (SSSR count). The predicted molar refractivity (Wildman–Crippen MR) is 119 cm³/mol. The van der Waals surface area contributed by atoms with Gasteiger partial charge in [0.1, 0.15) is 0 Å². The Morgan fingerprint density at radius 1 is 1.03 bits per heavy atom. The van der Waals surface area contributed by atoms with E-state index in [1.54, 1.807) is 0 Å². The summed E-state index contributed by atoms with van der Waals surface area (Å²) in [6, 6.07) is 6.93. The van der Waals surface area contributed by atoms with Crippen LogP contribution in [0.2, 0.25) is 0 Å². The lowest BCUT2D eigenvalue weighted by Gasteiger charge is -2.38. The number of rotatable bonds is 5. The van der Waals surface area contributed by atoms with Crippen molar-refractivity contribution >= 4 is 17.5 Å². The second kappa shape index (κ2) is 9.35. The second-order valence-corrected chi connectivity index (χ2v) is 9.08. The minimum Gasteiger partial charge on any atom is -0.374 e. The number of carbonyl (C=O) groups excluding carboxylic acids is 2. The first-order valence-electron chi connectivity index (χ1n) is 11.4. The second-order valence-electron chi connectivity index (χ2n) is 9.08. The molecule has 1 aromatic rings. The highest BCUT2D eigenvalue weighted by Gasteiger charge is 2.28. The van der Waals surface area contributed by atoms with Gasteiger partial charge in [-0.25, -0.2) is 0 Å². The van der Waals surface area contributed by atoms with E-state index in [2.05, 4.69) is 57.6 Å². The van der Waals surface area contributed by atoms with Crippen molar-refractivity contribution in [1.82, 2.24) is 20.4 Å². The molecule has 2 heterocycles. The lowest BCUT2D eigenvalue weighted by Crippen LogP contribution is -2.50. The number of fused-ring (bicyclic) bond motifs is 1. The quantitative estimate of drug-likeness (QED) is 0.709. The first-order valence-corrected chi connectivity index (χ1v) is 11.4. The number of hydrogen-bond donors (Lipinski definition) is 2. The van der Waals surface area contributed by atoms with E-state index in [4.69, 9.17) is 0 Å². The van der Waals surface area contributed by atoms with E-state index in [1.165, 1.54) is 16.8 Å². The van der Waals surface area contributed by atoms with Crippen LogP contribution in [-0.4, -0.2) is 81.0 Å². The Bertz CT molecular complexity index is 769. The van der Waals surface area contributed by atoms with Gasteiger partial charge in [-0.2, -0.15) is 0 Å². The molecule has 2 aliphatic heterocycles. The number of piperazine rings is 1. The molecule has 0 unspecified atom stereocenters. The van der Waals surface area contributed by atoms with E-state index in [0.29, 0.717) is 6.54 Å². The highest BCUT2D eigenvalue weighted by atomic mass is 16.2. The summed E-state index contributed by atoms with van der Waals surface area (Å²) in [5.74, 6) is -1.00. The van der Waals surface area contributed by atoms with Crippen molar-refractivity contribution in [2.24, 2.45) is 0 Å². The van der Waals surface area contributed by atoms with Crippen molar-refractivity contribution in [3.05, 3.63) is 29.3 Å². The fraction of sp³-hybridized carbons (Fsp3) is 0.652. The van der Waals surface area contributed by atoms with Crippen molar-refractivity contribution in [2.45, 2.75) is 44.2 Å². The van der Waals surface area contributed by atoms with Crippen molar-refractivity contribution < 1.29 is 9.59 Å². The zero-order chi connectivity index (χ0) is 21.1. The molecule has 2 amide bonds. The van der Waals surface area contributed by atoms with Gasteiger partial charge in [-0.3, -0.25) is 14.5 Å². The van der Waals surface area contributed by atoms with Crippen molar-refractivity contribution in [1.29, 1.82) is 0 Å². The van der Waals surface area contributed by atoms with Crippen molar-refractivity contribution in [3.63, 3.8) is 0 Å². The topological polar surface area (TPSA) is 67.9 Å². The number of anilines is 1. The molecule has 1 saturated carbocycles. The van der Waals surface area contributed by atoms with Crippen LogP contribution >= 0.6 is 0 Å². The monoisotopic (exact) mass is 413 g/mol. The molecular weight excluding hydrogens is 378 g/mol. The van der Waals surface area contributed by atoms with Gasteiger partial charge in [0.05, 0.1) is 6.04 Å². The molecule has 164 valence electrons. The number of benzene rings is 1. The summed E-state index contributed by atoms with van der Waals surface area (Å²) in [6.45, 7) is 5.45. The van der Waals surface area contributed by atoms with Gasteiger partial charge in [-0.1, -0.05) is 25.0 Å². The van der Waals surface area contributed by atoms with Gasteiger partial charge < -0.3 is 20.4 Å². The summed E-state index contributed by atoms with van der Waals surface area (Å²) in [5, 5.41) is 5.81. The Kier molecular flexibility index (Phi) is 6.58. The Hall–Kier alpha value is -2.12. The third kappa shape index (κ3) is 4.78. The van der Waals surface area contributed by atoms with Crippen LogP contribution in [0.4, 0.5) is 5.69 Å². The fourth-order valence-electron chi connectivity index (χ4n) is 4.98. The predicted octanol–water partition coefficient (Wildman–Crippen LogP) is 1.14. The molecule has 7 nitrogen and oxygen atoms in total. The Morgan fingerprint density at radius 3 is 2.50 bits per heavy atom. The van der Waals surface area contributed by atoms with Crippen LogP contribution < -0.4 is 15.5 Å². The summed E-state index contributed by atoms with van der Waals surface area (Å²) in [5.41, 5.74) is 3.90. The Labute approximate surface area is 179 Å². The van der Waals surface area contributed by atoms with E-state index in [1.807, 2.05) is 0 Å². The van der Waals surface area contributed by atoms with Gasteiger partial charge in [-0.05, 0) is 43.5 Å². The molecule has 1 saturated heterocycles. The highest BCUT2D eigenvalue weighted by molar-refractivity contribution is 6.35. The molecule has 0 radical (unpaired) electrons. The van der Waals surface area contributed by atoms with Gasteiger partial charge in [0.15, 0.2) is 0 Å². The van der Waals surface area contributed by atoms with Crippen LogP contribution in [0.3, 0.4) is 0 Å². The zero-order valence-corrected chi connectivity index (χ0v) is 18.3. The van der Waals surface area contributed by atoms with E-state index in [9.17, 15) is 9.59 Å². The molecule has 7 heteroatoms. The maximum atomic E-state index is 12.5. The third-order valence-electron chi connectivity index (χ3n) is 6.95. The highest BCUT2D eigenvalue weighted by Crippen LogP contribution is 2.31. The standard InChI is InChI=1S/C23H35N5O2/c1-26-11-13-28(14-12-26)21(17-7-8-20-18(15-17)9-10-27(20)2)16-24-22(29)23(30)25-19-5-3-4-6-19/h7-8,15,19,21H,3-6,9-14,16H2,1-2H3,(H,24,29)(H,25,30)/t21-/m0/s1. The van der Waals surface area contributed by atoms with Crippen LogP contribution in [0.15, 0.2) is 18.2 Å². The van der Waals surface area contributed by atoms with Gasteiger partial charge in [0.2, 0.25) is 0 Å². The number of hydrogen-bond acceptors (Lipinski definition) is 5. The Morgan fingerprint density at radius 2 is 1.77 bits per heavy atom. The maximum Gasteiger partial charge on any atom is 0.309 e. The summed E-state index contributed by atoms with van der Waals surface area (Å²) in [4.78, 5) is 31.8. The summed E-state index contributed by atoms with van der Waals surface area (Å²) in [7, 11) is 4.28. The lowest BCUT2D eigenvalue weighted by molar-refractivity contribution is -0.139. The average Bonchev–Trinajstić information content (AvgIpc) is 3.39. The molecule has 1 aromatic carbocycles.